The van der Waals surface area contributed by atoms with E-state index in [1.165, 1.54) is 0 Å². The topological polar surface area (TPSA) is 97.3 Å². The van der Waals surface area contributed by atoms with Crippen molar-refractivity contribution in [2.75, 3.05) is 11.4 Å². The average Bonchev–Trinajstić information content (AvgIpc) is 3.53. The van der Waals surface area contributed by atoms with E-state index in [-0.39, 0.29) is 11.6 Å². The van der Waals surface area contributed by atoms with Gasteiger partial charge in [0.05, 0.1) is 11.6 Å². The summed E-state index contributed by atoms with van der Waals surface area (Å²) in [6.45, 7) is 0.827. The summed E-state index contributed by atoms with van der Waals surface area (Å²) < 4.78 is 7.53. The summed E-state index contributed by atoms with van der Waals surface area (Å²) in [5.41, 5.74) is 2.76. The lowest BCUT2D eigenvalue weighted by Gasteiger charge is -2.23. The normalized spacial score (nSPS) is 15.9. The number of carboxylic acids is 1. The third-order valence-electron chi connectivity index (χ3n) is 5.73. The summed E-state index contributed by atoms with van der Waals surface area (Å²) in [7, 11) is 1.91. The molecule has 5 rings (SSSR count). The van der Waals surface area contributed by atoms with Gasteiger partial charge < -0.3 is 14.5 Å². The third kappa shape index (κ3) is 3.62. The number of nitrogens with zero attached hydrogens (tertiary/aromatic N) is 5. The fourth-order valence-corrected chi connectivity index (χ4v) is 4.31. The number of rotatable bonds is 5. The second-order valence-electron chi connectivity index (χ2n) is 7.74. The van der Waals surface area contributed by atoms with Gasteiger partial charge in [-0.15, -0.1) is 10.2 Å². The summed E-state index contributed by atoms with van der Waals surface area (Å²) in [4.78, 5) is 13.3. The second kappa shape index (κ2) is 8.12. The molecule has 8 nitrogen and oxygen atoms in total. The molecule has 0 saturated carbocycles. The largest absolute Gasteiger partial charge is 0.478 e. The first-order chi connectivity index (χ1) is 15.5. The van der Waals surface area contributed by atoms with Crippen LogP contribution in [-0.4, -0.2) is 37.5 Å². The zero-order valence-electron chi connectivity index (χ0n) is 17.3. The average molecular weight is 450 g/mol. The van der Waals surface area contributed by atoms with Crippen molar-refractivity contribution < 1.29 is 14.4 Å². The molecule has 0 unspecified atom stereocenters. The first-order valence-corrected chi connectivity index (χ1v) is 10.6. The van der Waals surface area contributed by atoms with Crippen LogP contribution in [0.1, 0.15) is 34.9 Å². The third-order valence-corrected chi connectivity index (χ3v) is 5.97. The molecule has 9 heteroatoms. The van der Waals surface area contributed by atoms with E-state index in [0.29, 0.717) is 16.6 Å². The molecule has 4 aromatic rings. The van der Waals surface area contributed by atoms with Crippen LogP contribution >= 0.6 is 11.6 Å². The predicted molar refractivity (Wildman–Crippen MR) is 120 cm³/mol. The molecule has 162 valence electrons. The summed E-state index contributed by atoms with van der Waals surface area (Å²) in [6, 6.07) is 16.1. The lowest BCUT2D eigenvalue weighted by Crippen LogP contribution is -2.25. The Hall–Kier alpha value is -3.65. The number of hydrogen-bond donors (Lipinski definition) is 1. The van der Waals surface area contributed by atoms with E-state index in [0.717, 1.165) is 42.2 Å². The minimum Gasteiger partial charge on any atom is -0.478 e. The molecule has 0 bridgehead atoms. The van der Waals surface area contributed by atoms with Crippen LogP contribution < -0.4 is 4.90 Å². The minimum atomic E-state index is -0.958. The van der Waals surface area contributed by atoms with Gasteiger partial charge in [0, 0.05) is 35.8 Å². The Balaban J connectivity index is 1.42. The van der Waals surface area contributed by atoms with Crippen molar-refractivity contribution in [1.82, 2.24) is 19.9 Å². The lowest BCUT2D eigenvalue weighted by molar-refractivity contribution is 0.0697. The number of halogens is 1. The fourth-order valence-electron chi connectivity index (χ4n) is 4.12. The number of carbonyl (C=O) groups is 1. The van der Waals surface area contributed by atoms with Crippen molar-refractivity contribution in [2.24, 2.45) is 7.05 Å². The highest BCUT2D eigenvalue weighted by Gasteiger charge is 2.32. The van der Waals surface area contributed by atoms with Crippen molar-refractivity contribution in [1.29, 1.82) is 0 Å². The van der Waals surface area contributed by atoms with Crippen molar-refractivity contribution in [3.05, 3.63) is 70.9 Å². The molecule has 1 atom stereocenters. The van der Waals surface area contributed by atoms with Gasteiger partial charge in [-0.05, 0) is 37.1 Å². The van der Waals surface area contributed by atoms with Crippen LogP contribution in [0.3, 0.4) is 0 Å². The van der Waals surface area contributed by atoms with Gasteiger partial charge in [-0.3, -0.25) is 4.57 Å². The van der Waals surface area contributed by atoms with Crippen LogP contribution in [0.15, 0.2) is 59.1 Å². The number of anilines is 1. The van der Waals surface area contributed by atoms with E-state index in [1.807, 2.05) is 41.9 Å². The molecule has 0 radical (unpaired) electrons. The van der Waals surface area contributed by atoms with Crippen LogP contribution in [-0.2, 0) is 7.05 Å². The fraction of sp³-hybridized carbons (Fsp3) is 0.217. The Morgan fingerprint density at radius 2 is 1.94 bits per heavy atom. The number of aromatic carboxylic acids is 1. The van der Waals surface area contributed by atoms with E-state index in [1.54, 1.807) is 24.3 Å². The van der Waals surface area contributed by atoms with E-state index in [2.05, 4.69) is 20.3 Å². The molecule has 1 aliphatic rings. The van der Waals surface area contributed by atoms with Crippen LogP contribution in [0.25, 0.3) is 22.7 Å². The van der Waals surface area contributed by atoms with E-state index in [4.69, 9.17) is 21.2 Å². The van der Waals surface area contributed by atoms with Gasteiger partial charge in [0.1, 0.15) is 5.69 Å². The lowest BCUT2D eigenvalue weighted by atomic mass is 10.1. The van der Waals surface area contributed by atoms with Crippen molar-refractivity contribution in [3.8, 4) is 22.7 Å². The first-order valence-electron chi connectivity index (χ1n) is 10.2. The molecule has 1 saturated heterocycles. The smallest absolute Gasteiger partial charge is 0.335 e. The summed E-state index contributed by atoms with van der Waals surface area (Å²) in [6.07, 6.45) is 1.93. The van der Waals surface area contributed by atoms with Crippen LogP contribution in [0.5, 0.6) is 0 Å². The second-order valence-corrected chi connectivity index (χ2v) is 8.18. The van der Waals surface area contributed by atoms with Crippen molar-refractivity contribution >= 4 is 23.5 Å². The van der Waals surface area contributed by atoms with Gasteiger partial charge >= 0.3 is 5.97 Å². The number of benzene rings is 2. The minimum absolute atomic E-state index is 0.0248. The zero-order valence-corrected chi connectivity index (χ0v) is 18.0. The van der Waals surface area contributed by atoms with Crippen LogP contribution in [0, 0.1) is 0 Å². The molecule has 2 aromatic carbocycles. The highest BCUT2D eigenvalue weighted by Crippen LogP contribution is 2.37. The van der Waals surface area contributed by atoms with Crippen LogP contribution in [0.2, 0.25) is 5.02 Å². The molecular weight excluding hydrogens is 430 g/mol. The highest BCUT2D eigenvalue weighted by atomic mass is 35.5. The van der Waals surface area contributed by atoms with Gasteiger partial charge in [-0.1, -0.05) is 41.0 Å². The first kappa shape index (κ1) is 20.3. The predicted octanol–water partition coefficient (Wildman–Crippen LogP) is 4.83. The number of carboxylic acid groups (broad SMARTS) is 1. The van der Waals surface area contributed by atoms with Gasteiger partial charge in [-0.25, -0.2) is 4.79 Å². The maximum absolute atomic E-state index is 11.1. The highest BCUT2D eigenvalue weighted by molar-refractivity contribution is 6.30. The maximum atomic E-state index is 11.1. The van der Waals surface area contributed by atoms with Gasteiger partial charge in [-0.2, -0.15) is 0 Å². The van der Waals surface area contributed by atoms with Crippen LogP contribution in [0.4, 0.5) is 5.95 Å². The van der Waals surface area contributed by atoms with Gasteiger partial charge in [0.25, 0.3) is 0 Å². The maximum Gasteiger partial charge on any atom is 0.335 e. The number of hydrogen-bond acceptors (Lipinski definition) is 6. The molecule has 0 amide bonds. The Kier molecular flexibility index (Phi) is 5.14. The van der Waals surface area contributed by atoms with Gasteiger partial charge in [0.15, 0.2) is 11.6 Å². The zero-order chi connectivity index (χ0) is 22.2. The Morgan fingerprint density at radius 1 is 1.12 bits per heavy atom. The quantitative estimate of drug-likeness (QED) is 0.466. The molecular formula is C23H20ClN5O3. The van der Waals surface area contributed by atoms with Crippen molar-refractivity contribution in [3.63, 3.8) is 0 Å². The Labute approximate surface area is 189 Å². The monoisotopic (exact) mass is 449 g/mol. The van der Waals surface area contributed by atoms with E-state index < -0.39 is 5.97 Å². The number of aromatic nitrogens is 4. The molecule has 1 fully saturated rings. The molecule has 1 N–H and O–H groups in total. The molecule has 1 aliphatic heterocycles. The van der Waals surface area contributed by atoms with Gasteiger partial charge in [0.2, 0.25) is 5.95 Å². The molecule has 2 aromatic heterocycles. The van der Waals surface area contributed by atoms with E-state index >= 15 is 0 Å². The molecule has 0 aliphatic carbocycles. The Bertz CT molecular complexity index is 1280. The van der Waals surface area contributed by atoms with Crippen molar-refractivity contribution in [2.45, 2.75) is 18.9 Å². The van der Waals surface area contributed by atoms with E-state index in [9.17, 15) is 4.79 Å². The Morgan fingerprint density at radius 3 is 2.69 bits per heavy atom. The molecule has 0 spiro atoms. The SMILES string of the molecule is Cn1c(-c2ccc(C(=O)O)cc2)nnc1N1CCC[C@@H]1c1cc(-c2cccc(Cl)c2)on1. The summed E-state index contributed by atoms with van der Waals surface area (Å²) >= 11 is 6.11. The molecule has 3 heterocycles. The summed E-state index contributed by atoms with van der Waals surface area (Å²) in [5, 5.41) is 22.9. The standard InChI is InChI=1S/C23H20ClN5O3/c1-28-21(14-7-9-15(10-8-14)22(30)31)25-26-23(28)29-11-3-6-19(29)18-13-20(32-27-18)16-4-2-5-17(24)12-16/h2,4-5,7-10,12-13,19H,3,6,11H2,1H3,(H,30,31)/t19-/m1/s1. The molecule has 32 heavy (non-hydrogen) atoms. The summed E-state index contributed by atoms with van der Waals surface area (Å²) in [5.74, 6) is 1.12.